The molecule has 192 valence electrons. The summed E-state index contributed by atoms with van der Waals surface area (Å²) in [7, 11) is 1.65. The summed E-state index contributed by atoms with van der Waals surface area (Å²) in [5.41, 5.74) is 5.71. The summed E-state index contributed by atoms with van der Waals surface area (Å²) in [6, 6.07) is 19.2. The van der Waals surface area contributed by atoms with E-state index in [0.717, 1.165) is 41.2 Å². The highest BCUT2D eigenvalue weighted by molar-refractivity contribution is 6.10. The summed E-state index contributed by atoms with van der Waals surface area (Å²) in [6.07, 6.45) is 4.60. The number of fused-ring (bicyclic) bond motifs is 1. The summed E-state index contributed by atoms with van der Waals surface area (Å²) >= 11 is 0. The van der Waals surface area contributed by atoms with Gasteiger partial charge in [0.15, 0.2) is 0 Å². The van der Waals surface area contributed by atoms with Crippen molar-refractivity contribution in [3.05, 3.63) is 88.5 Å². The average molecular weight is 499 g/mol. The average Bonchev–Trinajstić information content (AvgIpc) is 3.33. The van der Waals surface area contributed by atoms with E-state index in [-0.39, 0.29) is 11.8 Å². The van der Waals surface area contributed by atoms with E-state index in [2.05, 4.69) is 20.9 Å². The van der Waals surface area contributed by atoms with Crippen LogP contribution in [0.5, 0.6) is 5.75 Å². The molecule has 0 aromatic heterocycles. The number of hydrogen-bond acceptors (Lipinski definition) is 5. The number of amides is 2. The Morgan fingerprint density at radius 2 is 1.84 bits per heavy atom. The summed E-state index contributed by atoms with van der Waals surface area (Å²) in [6.45, 7) is 4.74. The molecule has 2 amide bonds. The molecule has 7 nitrogen and oxygen atoms in total. The largest absolute Gasteiger partial charge is 0.497 e. The summed E-state index contributed by atoms with van der Waals surface area (Å²) in [5.74, 6) is 0.406. The number of likely N-dealkylation sites (tertiary alicyclic amines) is 1. The van der Waals surface area contributed by atoms with E-state index in [4.69, 9.17) is 4.74 Å². The van der Waals surface area contributed by atoms with Crippen LogP contribution < -0.4 is 20.7 Å². The number of nitrogens with one attached hydrogen (secondary N) is 3. The lowest BCUT2D eigenvalue weighted by Gasteiger charge is -2.26. The van der Waals surface area contributed by atoms with E-state index in [1.54, 1.807) is 7.11 Å². The first kappa shape index (κ1) is 24.8. The van der Waals surface area contributed by atoms with Crippen molar-refractivity contribution in [3.8, 4) is 5.75 Å². The second-order valence-corrected chi connectivity index (χ2v) is 9.70. The molecule has 3 aromatic rings. The highest BCUT2D eigenvalue weighted by Gasteiger charge is 2.26. The molecule has 1 saturated heterocycles. The zero-order valence-electron chi connectivity index (χ0n) is 21.3. The third-order valence-electron chi connectivity index (χ3n) is 7.19. The van der Waals surface area contributed by atoms with E-state index in [1.165, 1.54) is 32.4 Å². The molecule has 0 atom stereocenters. The molecule has 5 rings (SSSR count). The van der Waals surface area contributed by atoms with Gasteiger partial charge in [0.1, 0.15) is 5.75 Å². The second-order valence-electron chi connectivity index (χ2n) is 9.70. The first-order valence-electron chi connectivity index (χ1n) is 13.0. The Balaban J connectivity index is 1.24. The highest BCUT2D eigenvalue weighted by Crippen LogP contribution is 2.30. The van der Waals surface area contributed by atoms with Crippen molar-refractivity contribution in [3.63, 3.8) is 0 Å². The fourth-order valence-corrected chi connectivity index (χ4v) is 5.16. The van der Waals surface area contributed by atoms with Crippen LogP contribution in [0.3, 0.4) is 0 Å². The van der Waals surface area contributed by atoms with Crippen molar-refractivity contribution in [2.24, 2.45) is 0 Å². The van der Waals surface area contributed by atoms with Gasteiger partial charge in [-0.05, 0) is 91.5 Å². The number of hydrogen-bond donors (Lipinski definition) is 3. The first-order chi connectivity index (χ1) is 18.1. The van der Waals surface area contributed by atoms with E-state index in [0.29, 0.717) is 29.8 Å². The second kappa shape index (κ2) is 11.5. The van der Waals surface area contributed by atoms with Crippen LogP contribution in [0.15, 0.2) is 60.7 Å². The van der Waals surface area contributed by atoms with Gasteiger partial charge in [-0.1, -0.05) is 24.6 Å². The molecule has 2 aliphatic rings. The topological polar surface area (TPSA) is 82.7 Å². The molecule has 0 radical (unpaired) electrons. The molecule has 0 aliphatic carbocycles. The fraction of sp³-hybridized carbons (Fsp3) is 0.333. The van der Waals surface area contributed by atoms with Crippen molar-refractivity contribution >= 4 is 23.2 Å². The molecule has 3 N–H and O–H groups in total. The van der Waals surface area contributed by atoms with Gasteiger partial charge in [-0.2, -0.15) is 0 Å². The van der Waals surface area contributed by atoms with Crippen LogP contribution in [0, 0.1) is 0 Å². The Hall–Kier alpha value is -3.84. The molecule has 37 heavy (non-hydrogen) atoms. The SMILES string of the molecule is COc1cccc(Cc2ccc(NC(=O)c3ccc(NCCN4CCCCC4)cc3)c3c2CNC3=O)c1. The van der Waals surface area contributed by atoms with Gasteiger partial charge in [0.25, 0.3) is 11.8 Å². The van der Waals surface area contributed by atoms with Gasteiger partial charge in [0.2, 0.25) is 0 Å². The number of ether oxygens (including phenoxy) is 1. The smallest absolute Gasteiger partial charge is 0.255 e. The number of rotatable bonds is 9. The van der Waals surface area contributed by atoms with E-state index in [9.17, 15) is 9.59 Å². The van der Waals surface area contributed by atoms with Crippen LogP contribution in [0.1, 0.15) is 56.7 Å². The Morgan fingerprint density at radius 3 is 2.62 bits per heavy atom. The predicted octanol–water partition coefficient (Wildman–Crippen LogP) is 4.68. The minimum Gasteiger partial charge on any atom is -0.497 e. The Kier molecular flexibility index (Phi) is 7.70. The van der Waals surface area contributed by atoms with Crippen molar-refractivity contribution in [1.82, 2.24) is 10.2 Å². The monoisotopic (exact) mass is 498 g/mol. The molecule has 0 saturated carbocycles. The van der Waals surface area contributed by atoms with Gasteiger partial charge in [0, 0.05) is 30.9 Å². The van der Waals surface area contributed by atoms with Gasteiger partial charge in [-0.3, -0.25) is 9.59 Å². The van der Waals surface area contributed by atoms with Gasteiger partial charge in [0.05, 0.1) is 18.4 Å². The van der Waals surface area contributed by atoms with Crippen molar-refractivity contribution in [1.29, 1.82) is 0 Å². The molecule has 0 spiro atoms. The molecule has 2 aliphatic heterocycles. The molecular weight excluding hydrogens is 464 g/mol. The van der Waals surface area contributed by atoms with Crippen LogP contribution in [-0.4, -0.2) is 50.0 Å². The van der Waals surface area contributed by atoms with E-state index < -0.39 is 0 Å². The maximum absolute atomic E-state index is 13.0. The van der Waals surface area contributed by atoms with Gasteiger partial charge >= 0.3 is 0 Å². The Labute approximate surface area is 218 Å². The first-order valence-corrected chi connectivity index (χ1v) is 13.0. The lowest BCUT2D eigenvalue weighted by Crippen LogP contribution is -2.33. The van der Waals surface area contributed by atoms with Crippen molar-refractivity contribution in [2.75, 3.05) is 43.9 Å². The zero-order chi connectivity index (χ0) is 25.6. The minimum atomic E-state index is -0.234. The van der Waals surface area contributed by atoms with Crippen LogP contribution in [-0.2, 0) is 13.0 Å². The fourth-order valence-electron chi connectivity index (χ4n) is 5.16. The van der Waals surface area contributed by atoms with Gasteiger partial charge in [-0.15, -0.1) is 0 Å². The van der Waals surface area contributed by atoms with E-state index >= 15 is 0 Å². The van der Waals surface area contributed by atoms with E-state index in [1.807, 2.05) is 60.7 Å². The zero-order valence-corrected chi connectivity index (χ0v) is 21.3. The number of carbonyl (C=O) groups excluding carboxylic acids is 2. The van der Waals surface area contributed by atoms with Gasteiger partial charge in [-0.25, -0.2) is 0 Å². The quantitative estimate of drug-likeness (QED) is 0.399. The van der Waals surface area contributed by atoms with Gasteiger partial charge < -0.3 is 25.6 Å². The summed E-state index contributed by atoms with van der Waals surface area (Å²) in [4.78, 5) is 28.2. The highest BCUT2D eigenvalue weighted by atomic mass is 16.5. The third-order valence-corrected chi connectivity index (χ3v) is 7.19. The molecule has 0 unspecified atom stereocenters. The maximum atomic E-state index is 13.0. The van der Waals surface area contributed by atoms with Crippen LogP contribution >= 0.6 is 0 Å². The number of nitrogens with zero attached hydrogens (tertiary/aromatic N) is 1. The predicted molar refractivity (Wildman–Crippen MR) is 147 cm³/mol. The van der Waals surface area contributed by atoms with Crippen molar-refractivity contribution in [2.45, 2.75) is 32.2 Å². The number of piperidine rings is 1. The minimum absolute atomic E-state index is 0.161. The number of benzene rings is 3. The molecule has 1 fully saturated rings. The summed E-state index contributed by atoms with van der Waals surface area (Å²) < 4.78 is 5.34. The molecule has 0 bridgehead atoms. The molecule has 2 heterocycles. The molecular formula is C30H34N4O3. The Bertz CT molecular complexity index is 1270. The number of carbonyl (C=O) groups is 2. The standard InChI is InChI=1S/C30H34N4O3/c1-37-25-7-5-6-21(19-25)18-23-10-13-27(28-26(23)20-32-30(28)36)33-29(35)22-8-11-24(12-9-22)31-14-17-34-15-3-2-4-16-34/h5-13,19,31H,2-4,14-18,20H2,1H3,(H,32,36)(H,33,35). The van der Waals surface area contributed by atoms with Crippen molar-refractivity contribution < 1.29 is 14.3 Å². The number of anilines is 2. The normalized spacial score (nSPS) is 15.1. The maximum Gasteiger partial charge on any atom is 0.255 e. The lowest BCUT2D eigenvalue weighted by atomic mass is 9.95. The lowest BCUT2D eigenvalue weighted by molar-refractivity contribution is 0.0966. The Morgan fingerprint density at radius 1 is 1.03 bits per heavy atom. The third kappa shape index (κ3) is 5.94. The molecule has 7 heteroatoms. The molecule has 3 aromatic carbocycles. The summed E-state index contributed by atoms with van der Waals surface area (Å²) in [5, 5.41) is 9.31. The van der Waals surface area contributed by atoms with Crippen LogP contribution in [0.25, 0.3) is 0 Å². The van der Waals surface area contributed by atoms with Crippen LogP contribution in [0.2, 0.25) is 0 Å². The number of methoxy groups -OCH3 is 1. The van der Waals surface area contributed by atoms with Crippen LogP contribution in [0.4, 0.5) is 11.4 Å².